The summed E-state index contributed by atoms with van der Waals surface area (Å²) < 4.78 is 47.6. The minimum atomic E-state index is -4.21. The van der Waals surface area contributed by atoms with Crippen molar-refractivity contribution >= 4 is 50.1 Å². The summed E-state index contributed by atoms with van der Waals surface area (Å²) in [5.41, 5.74) is 7.08. The van der Waals surface area contributed by atoms with Crippen LogP contribution in [0.2, 0.25) is 5.02 Å². The van der Waals surface area contributed by atoms with Crippen molar-refractivity contribution in [2.24, 2.45) is 0 Å². The van der Waals surface area contributed by atoms with Gasteiger partial charge in [0.15, 0.2) is 10.5 Å². The topological polar surface area (TPSA) is 145 Å². The average Bonchev–Trinajstić information content (AvgIpc) is 2.77. The van der Waals surface area contributed by atoms with E-state index in [1.54, 1.807) is 19.3 Å². The molecule has 0 unspecified atom stereocenters. The second-order valence-corrected chi connectivity index (χ2v) is 8.86. The molecular weight excluding hydrogens is 473 g/mol. The minimum absolute atomic E-state index is 0.0479. The second kappa shape index (κ2) is 8.64. The summed E-state index contributed by atoms with van der Waals surface area (Å²) in [6, 6.07) is 6.49. The summed E-state index contributed by atoms with van der Waals surface area (Å²) in [5.74, 6) is -0.394. The summed E-state index contributed by atoms with van der Waals surface area (Å²) in [6.45, 7) is 0. The molecule has 13 heteroatoms. The van der Waals surface area contributed by atoms with Gasteiger partial charge in [-0.05, 0) is 35.9 Å². The Balaban J connectivity index is 1.76. The van der Waals surface area contributed by atoms with Crippen molar-refractivity contribution in [3.63, 3.8) is 0 Å². The number of fused-ring (bicyclic) bond motifs is 1. The number of aromatic nitrogens is 4. The van der Waals surface area contributed by atoms with E-state index in [-0.39, 0.29) is 27.3 Å². The summed E-state index contributed by atoms with van der Waals surface area (Å²) in [7, 11) is -1.27. The van der Waals surface area contributed by atoms with Gasteiger partial charge in [-0.1, -0.05) is 11.6 Å². The van der Waals surface area contributed by atoms with Crippen LogP contribution in [0.25, 0.3) is 22.2 Å². The zero-order chi connectivity index (χ0) is 23.8. The molecule has 4 rings (SSSR count). The molecule has 10 nitrogen and oxygen atoms in total. The van der Waals surface area contributed by atoms with Crippen LogP contribution >= 0.6 is 11.6 Å². The Morgan fingerprint density at radius 3 is 2.61 bits per heavy atom. The number of ether oxygens (including phenoxy) is 1. The molecule has 4 N–H and O–H groups in total. The van der Waals surface area contributed by atoms with Gasteiger partial charge >= 0.3 is 0 Å². The number of methoxy groups -OCH3 is 1. The van der Waals surface area contributed by atoms with Crippen LogP contribution in [-0.4, -0.2) is 42.5 Å². The fourth-order valence-electron chi connectivity index (χ4n) is 3.10. The molecule has 0 aliphatic carbocycles. The molecule has 0 spiro atoms. The van der Waals surface area contributed by atoms with Crippen molar-refractivity contribution < 1.29 is 17.5 Å². The van der Waals surface area contributed by atoms with E-state index in [2.05, 4.69) is 30.0 Å². The lowest BCUT2D eigenvalue weighted by Gasteiger charge is -2.13. The Morgan fingerprint density at radius 2 is 1.88 bits per heavy atom. The predicted octanol–water partition coefficient (Wildman–Crippen LogP) is 3.31. The fraction of sp³-hybridized carbons (Fsp3) is 0.100. The fourth-order valence-corrected chi connectivity index (χ4v) is 4.51. The van der Waals surface area contributed by atoms with Crippen molar-refractivity contribution in [2.45, 2.75) is 4.90 Å². The Kier molecular flexibility index (Phi) is 5.87. The van der Waals surface area contributed by atoms with Crippen LogP contribution in [0.5, 0.6) is 5.88 Å². The number of hydrogen-bond donors (Lipinski definition) is 3. The molecular formula is C20H17ClFN7O3S. The lowest BCUT2D eigenvalue weighted by atomic mass is 10.0. The molecule has 33 heavy (non-hydrogen) atoms. The second-order valence-electron chi connectivity index (χ2n) is 6.77. The van der Waals surface area contributed by atoms with Crippen LogP contribution in [0.3, 0.4) is 0 Å². The van der Waals surface area contributed by atoms with E-state index in [1.807, 2.05) is 0 Å². The van der Waals surface area contributed by atoms with E-state index in [1.165, 1.54) is 31.5 Å². The largest absolute Gasteiger partial charge is 0.480 e. The number of hydrogen-bond acceptors (Lipinski definition) is 9. The van der Waals surface area contributed by atoms with Crippen molar-refractivity contribution in [1.82, 2.24) is 19.9 Å². The number of halogens is 2. The van der Waals surface area contributed by atoms with Crippen LogP contribution in [0.4, 0.5) is 21.8 Å². The molecule has 1 aromatic carbocycles. The van der Waals surface area contributed by atoms with Gasteiger partial charge in [-0.25, -0.2) is 27.8 Å². The summed E-state index contributed by atoms with van der Waals surface area (Å²) in [6.07, 6.45) is 2.80. The number of anilines is 3. The third kappa shape index (κ3) is 4.56. The van der Waals surface area contributed by atoms with Gasteiger partial charge in [0.25, 0.3) is 10.0 Å². The van der Waals surface area contributed by atoms with Gasteiger partial charge in [-0.3, -0.25) is 4.72 Å². The highest BCUT2D eigenvalue weighted by Gasteiger charge is 2.22. The Labute approximate surface area is 193 Å². The molecule has 0 fully saturated rings. The smallest absolute Gasteiger partial charge is 0.267 e. The molecule has 0 saturated carbocycles. The first-order valence-corrected chi connectivity index (χ1v) is 11.2. The number of nitrogens with two attached hydrogens (primary N) is 1. The highest BCUT2D eigenvalue weighted by molar-refractivity contribution is 7.92. The molecule has 0 atom stereocenters. The number of nitrogens with one attached hydrogen (secondary N) is 2. The van der Waals surface area contributed by atoms with Gasteiger partial charge in [-0.2, -0.15) is 4.98 Å². The third-order valence-electron chi connectivity index (χ3n) is 4.55. The van der Waals surface area contributed by atoms with E-state index in [0.717, 1.165) is 6.07 Å². The summed E-state index contributed by atoms with van der Waals surface area (Å²) in [5, 5.41) is 3.47. The van der Waals surface area contributed by atoms with Gasteiger partial charge in [-0.15, -0.1) is 0 Å². The zero-order valence-corrected chi connectivity index (χ0v) is 18.9. The van der Waals surface area contributed by atoms with E-state index in [0.29, 0.717) is 28.1 Å². The molecule has 3 heterocycles. The maximum Gasteiger partial charge on any atom is 0.267 e. The van der Waals surface area contributed by atoms with Crippen molar-refractivity contribution in [3.8, 4) is 17.0 Å². The van der Waals surface area contributed by atoms with E-state index < -0.39 is 15.8 Å². The first-order valence-electron chi connectivity index (χ1n) is 9.34. The first kappa shape index (κ1) is 22.4. The number of benzene rings is 1. The summed E-state index contributed by atoms with van der Waals surface area (Å²) in [4.78, 5) is 16.2. The monoisotopic (exact) mass is 489 g/mol. The Hall–Kier alpha value is -3.77. The molecule has 4 aromatic rings. The van der Waals surface area contributed by atoms with Gasteiger partial charge in [0.05, 0.1) is 17.8 Å². The van der Waals surface area contributed by atoms with Gasteiger partial charge < -0.3 is 15.8 Å². The quantitative estimate of drug-likeness (QED) is 0.371. The van der Waals surface area contributed by atoms with Crippen molar-refractivity contribution in [1.29, 1.82) is 0 Å². The van der Waals surface area contributed by atoms with Gasteiger partial charge in [0, 0.05) is 30.4 Å². The lowest BCUT2D eigenvalue weighted by Crippen LogP contribution is -2.15. The van der Waals surface area contributed by atoms with Gasteiger partial charge in [0.2, 0.25) is 11.8 Å². The number of pyridine rings is 2. The number of sulfonamides is 1. The first-order chi connectivity index (χ1) is 15.7. The van der Waals surface area contributed by atoms with Crippen molar-refractivity contribution in [3.05, 3.63) is 53.6 Å². The number of nitrogens with zero attached hydrogens (tertiary/aromatic N) is 4. The average molecular weight is 490 g/mol. The molecule has 0 saturated heterocycles. The number of rotatable bonds is 6. The van der Waals surface area contributed by atoms with Crippen LogP contribution in [0.15, 0.2) is 47.6 Å². The molecule has 0 aliphatic rings. The molecule has 0 radical (unpaired) electrons. The van der Waals surface area contributed by atoms with Gasteiger partial charge in [0.1, 0.15) is 11.6 Å². The van der Waals surface area contributed by atoms with E-state index in [4.69, 9.17) is 22.1 Å². The van der Waals surface area contributed by atoms with Crippen LogP contribution in [0, 0.1) is 5.82 Å². The molecule has 170 valence electrons. The maximum absolute atomic E-state index is 14.5. The lowest BCUT2D eigenvalue weighted by molar-refractivity contribution is 0.385. The third-order valence-corrected chi connectivity index (χ3v) is 6.13. The highest BCUT2D eigenvalue weighted by Crippen LogP contribution is 2.32. The molecule has 0 bridgehead atoms. The normalized spacial score (nSPS) is 11.4. The zero-order valence-electron chi connectivity index (χ0n) is 17.3. The standard InChI is InChI=1S/C20H17ClFN7O3S/c1-24-20-26-8-11-5-15(17(23)27-18(11)28-20)10-3-13(22)7-14(4-10)29-33(30,31)16-6-12(21)9-25-19(16)32-2/h3-9,29H,1-2H3,(H3,23,24,26,27,28). The molecule has 0 aliphatic heterocycles. The number of nitrogen functional groups attached to an aromatic ring is 1. The van der Waals surface area contributed by atoms with Crippen LogP contribution in [0.1, 0.15) is 0 Å². The van der Waals surface area contributed by atoms with Crippen molar-refractivity contribution in [2.75, 3.05) is 29.9 Å². The Morgan fingerprint density at radius 1 is 1.09 bits per heavy atom. The Bertz CT molecular complexity index is 1480. The predicted molar refractivity (Wildman–Crippen MR) is 123 cm³/mol. The van der Waals surface area contributed by atoms with E-state index in [9.17, 15) is 12.8 Å². The van der Waals surface area contributed by atoms with E-state index >= 15 is 0 Å². The highest BCUT2D eigenvalue weighted by atomic mass is 35.5. The summed E-state index contributed by atoms with van der Waals surface area (Å²) >= 11 is 5.89. The minimum Gasteiger partial charge on any atom is -0.480 e. The molecule has 0 amide bonds. The van der Waals surface area contributed by atoms with Crippen LogP contribution in [-0.2, 0) is 10.0 Å². The molecule has 3 aromatic heterocycles. The SMILES string of the molecule is CNc1ncc2cc(-c3cc(F)cc(NS(=O)(=O)c4cc(Cl)cnc4OC)c3)c(N)nc2n1. The maximum atomic E-state index is 14.5. The van der Waals surface area contributed by atoms with Crippen LogP contribution < -0.4 is 20.5 Å².